The van der Waals surface area contributed by atoms with Gasteiger partial charge in [-0.05, 0) is 29.0 Å². The molecular formula is C20H14F3N3O3. The summed E-state index contributed by atoms with van der Waals surface area (Å²) in [5.41, 5.74) is -0.274. The standard InChI is InChI=1S/C20H14F3N3O3/c21-20(22,23)19-24-18(25-29-19)15-7-8-26(17(27)12-15)9-10-28-16-6-5-13-3-1-2-4-14(13)11-16/h1-8,11-12H,9-10H2. The van der Waals surface area contributed by atoms with E-state index in [1.54, 1.807) is 0 Å². The molecule has 0 N–H and O–H groups in total. The van der Waals surface area contributed by atoms with Crippen molar-refractivity contribution in [2.24, 2.45) is 0 Å². The zero-order valence-corrected chi connectivity index (χ0v) is 14.9. The van der Waals surface area contributed by atoms with E-state index in [-0.39, 0.29) is 24.5 Å². The highest BCUT2D eigenvalue weighted by Gasteiger charge is 2.38. The van der Waals surface area contributed by atoms with E-state index in [1.165, 1.54) is 16.8 Å². The minimum absolute atomic E-state index is 0.140. The molecule has 9 heteroatoms. The van der Waals surface area contributed by atoms with Crippen molar-refractivity contribution in [2.45, 2.75) is 12.7 Å². The van der Waals surface area contributed by atoms with Crippen LogP contribution in [-0.2, 0) is 12.7 Å². The maximum absolute atomic E-state index is 12.5. The van der Waals surface area contributed by atoms with Crippen LogP contribution < -0.4 is 10.3 Å². The average Bonchev–Trinajstić information content (AvgIpc) is 3.20. The van der Waals surface area contributed by atoms with Gasteiger partial charge < -0.3 is 13.8 Å². The van der Waals surface area contributed by atoms with Crippen molar-refractivity contribution < 1.29 is 22.4 Å². The van der Waals surface area contributed by atoms with Crippen molar-refractivity contribution in [3.8, 4) is 17.1 Å². The maximum Gasteiger partial charge on any atom is 0.471 e. The number of alkyl halides is 3. The van der Waals surface area contributed by atoms with Gasteiger partial charge in [-0.25, -0.2) is 0 Å². The number of pyridine rings is 1. The molecule has 0 radical (unpaired) electrons. The summed E-state index contributed by atoms with van der Waals surface area (Å²) < 4.78 is 48.9. The van der Waals surface area contributed by atoms with Crippen molar-refractivity contribution in [2.75, 3.05) is 6.61 Å². The number of rotatable bonds is 5. The lowest BCUT2D eigenvalue weighted by molar-refractivity contribution is -0.159. The predicted octanol–water partition coefficient (Wildman–Crippen LogP) is 4.15. The largest absolute Gasteiger partial charge is 0.492 e. The second kappa shape index (κ2) is 7.42. The number of halogens is 3. The minimum atomic E-state index is -4.74. The molecule has 0 saturated heterocycles. The topological polar surface area (TPSA) is 70.2 Å². The third-order valence-electron chi connectivity index (χ3n) is 4.24. The van der Waals surface area contributed by atoms with Crippen LogP contribution in [0.4, 0.5) is 13.2 Å². The summed E-state index contributed by atoms with van der Waals surface area (Å²) in [5.74, 6) is -1.07. The molecule has 0 saturated carbocycles. The molecule has 0 aliphatic rings. The third kappa shape index (κ3) is 4.13. The highest BCUT2D eigenvalue weighted by Crippen LogP contribution is 2.29. The number of aromatic nitrogens is 3. The van der Waals surface area contributed by atoms with Crippen molar-refractivity contribution in [1.82, 2.24) is 14.7 Å². The van der Waals surface area contributed by atoms with Gasteiger partial charge in [-0.1, -0.05) is 35.5 Å². The van der Waals surface area contributed by atoms with Gasteiger partial charge in [0.1, 0.15) is 12.4 Å². The summed E-state index contributed by atoms with van der Waals surface area (Å²) in [4.78, 5) is 15.5. The van der Waals surface area contributed by atoms with Gasteiger partial charge >= 0.3 is 12.1 Å². The quantitative estimate of drug-likeness (QED) is 0.503. The number of ether oxygens (including phenoxy) is 1. The number of benzene rings is 2. The Balaban J connectivity index is 1.43. The SMILES string of the molecule is O=c1cc(-c2noc(C(F)(F)F)n2)ccn1CCOc1ccc2ccccc2c1. The lowest BCUT2D eigenvalue weighted by Gasteiger charge is -2.09. The first kappa shape index (κ1) is 18.7. The molecule has 0 spiro atoms. The smallest absolute Gasteiger partial charge is 0.471 e. The molecule has 2 heterocycles. The molecule has 6 nitrogen and oxygen atoms in total. The Morgan fingerprint density at radius 1 is 1.03 bits per heavy atom. The average molecular weight is 401 g/mol. The third-order valence-corrected chi connectivity index (χ3v) is 4.24. The molecule has 0 amide bonds. The fourth-order valence-corrected chi connectivity index (χ4v) is 2.81. The van der Waals surface area contributed by atoms with E-state index in [0.29, 0.717) is 5.75 Å². The van der Waals surface area contributed by atoms with Crippen molar-refractivity contribution in [3.63, 3.8) is 0 Å². The van der Waals surface area contributed by atoms with E-state index in [4.69, 9.17) is 4.74 Å². The number of nitrogens with zero attached hydrogens (tertiary/aromatic N) is 3. The van der Waals surface area contributed by atoms with Gasteiger partial charge in [0, 0.05) is 17.8 Å². The zero-order chi connectivity index (χ0) is 20.4. The Labute approximate surface area is 162 Å². The summed E-state index contributed by atoms with van der Waals surface area (Å²) in [6, 6.07) is 16.2. The summed E-state index contributed by atoms with van der Waals surface area (Å²) in [7, 11) is 0. The fourth-order valence-electron chi connectivity index (χ4n) is 2.81. The van der Waals surface area contributed by atoms with Crippen molar-refractivity contribution >= 4 is 10.8 Å². The van der Waals surface area contributed by atoms with Crippen LogP contribution in [0.15, 0.2) is 70.1 Å². The van der Waals surface area contributed by atoms with E-state index in [0.717, 1.165) is 16.8 Å². The maximum atomic E-state index is 12.5. The molecule has 4 aromatic rings. The Bertz CT molecular complexity index is 1210. The molecule has 0 aliphatic carbocycles. The van der Waals surface area contributed by atoms with Gasteiger partial charge in [-0.2, -0.15) is 18.2 Å². The van der Waals surface area contributed by atoms with Crippen LogP contribution in [0.1, 0.15) is 5.89 Å². The van der Waals surface area contributed by atoms with Crippen molar-refractivity contribution in [1.29, 1.82) is 0 Å². The van der Waals surface area contributed by atoms with Crippen LogP contribution in [0.5, 0.6) is 5.75 Å². The van der Waals surface area contributed by atoms with Gasteiger partial charge in [0.15, 0.2) is 0 Å². The second-order valence-electron chi connectivity index (χ2n) is 6.23. The van der Waals surface area contributed by atoms with Crippen LogP contribution in [-0.4, -0.2) is 21.3 Å². The van der Waals surface area contributed by atoms with E-state index < -0.39 is 17.6 Å². The molecular weight excluding hydrogens is 387 g/mol. The fraction of sp³-hybridized carbons (Fsp3) is 0.150. The summed E-state index contributed by atoms with van der Waals surface area (Å²) in [5, 5.41) is 5.42. The molecule has 0 fully saturated rings. The van der Waals surface area contributed by atoms with Crippen molar-refractivity contribution in [3.05, 3.63) is 77.0 Å². The van der Waals surface area contributed by atoms with Gasteiger partial charge in [0.05, 0.1) is 6.54 Å². The van der Waals surface area contributed by atoms with Gasteiger partial charge in [0.25, 0.3) is 5.56 Å². The van der Waals surface area contributed by atoms with Crippen LogP contribution >= 0.6 is 0 Å². The molecule has 0 aliphatic heterocycles. The number of hydrogen-bond donors (Lipinski definition) is 0. The van der Waals surface area contributed by atoms with Crippen LogP contribution in [0.3, 0.4) is 0 Å². The molecule has 0 unspecified atom stereocenters. The van der Waals surface area contributed by atoms with E-state index >= 15 is 0 Å². The van der Waals surface area contributed by atoms with E-state index in [9.17, 15) is 18.0 Å². The van der Waals surface area contributed by atoms with Crippen LogP contribution in [0, 0.1) is 0 Å². The van der Waals surface area contributed by atoms with Gasteiger partial charge in [-0.15, -0.1) is 0 Å². The van der Waals surface area contributed by atoms with Gasteiger partial charge in [-0.3, -0.25) is 4.79 Å². The lowest BCUT2D eigenvalue weighted by atomic mass is 10.1. The number of fused-ring (bicyclic) bond motifs is 1. The van der Waals surface area contributed by atoms with Gasteiger partial charge in [0.2, 0.25) is 5.82 Å². The molecule has 148 valence electrons. The predicted molar refractivity (Wildman–Crippen MR) is 98.4 cm³/mol. The Morgan fingerprint density at radius 3 is 2.55 bits per heavy atom. The Morgan fingerprint density at radius 2 is 1.83 bits per heavy atom. The molecule has 2 aromatic heterocycles. The van der Waals surface area contributed by atoms with Crippen LogP contribution in [0.25, 0.3) is 22.2 Å². The summed E-state index contributed by atoms with van der Waals surface area (Å²) in [6.45, 7) is 0.518. The Hall–Kier alpha value is -3.62. The first-order chi connectivity index (χ1) is 13.9. The molecule has 0 bridgehead atoms. The first-order valence-electron chi connectivity index (χ1n) is 8.63. The van der Waals surface area contributed by atoms with E-state index in [1.807, 2.05) is 42.5 Å². The summed E-state index contributed by atoms with van der Waals surface area (Å²) >= 11 is 0. The molecule has 2 aromatic carbocycles. The second-order valence-corrected chi connectivity index (χ2v) is 6.23. The Kier molecular flexibility index (Phi) is 4.79. The van der Waals surface area contributed by atoms with E-state index in [2.05, 4.69) is 14.7 Å². The normalized spacial score (nSPS) is 11.7. The number of hydrogen-bond acceptors (Lipinski definition) is 5. The highest BCUT2D eigenvalue weighted by atomic mass is 19.4. The zero-order valence-electron chi connectivity index (χ0n) is 14.9. The molecule has 0 atom stereocenters. The monoisotopic (exact) mass is 401 g/mol. The van der Waals surface area contributed by atoms with Crippen LogP contribution in [0.2, 0.25) is 0 Å². The minimum Gasteiger partial charge on any atom is -0.492 e. The lowest BCUT2D eigenvalue weighted by Crippen LogP contribution is -2.22. The summed E-state index contributed by atoms with van der Waals surface area (Å²) in [6.07, 6.45) is -3.29. The molecule has 29 heavy (non-hydrogen) atoms. The highest BCUT2D eigenvalue weighted by molar-refractivity contribution is 5.83. The molecule has 4 rings (SSSR count). The first-order valence-corrected chi connectivity index (χ1v) is 8.63.